The molecule has 1 heterocycles. The maximum absolute atomic E-state index is 11.8. The summed E-state index contributed by atoms with van der Waals surface area (Å²) >= 11 is 7.07. The van der Waals surface area contributed by atoms with Crippen molar-refractivity contribution in [3.63, 3.8) is 0 Å². The van der Waals surface area contributed by atoms with E-state index in [2.05, 4.69) is 10.6 Å². The summed E-state index contributed by atoms with van der Waals surface area (Å²) in [4.78, 5) is 46.4. The first-order valence-corrected chi connectivity index (χ1v) is 11.6. The standard InChI is InChI=1S/C18H18N2O4S.C7H6ClNO/c1-3-20(11-21)18(24)19-12(2)9-15-7-8-16(25-15)13-5-4-6-14(10-13)17(22)23;8-6-1-3-7(4-2-6)9-5-10/h4-11H,3H2,1-2H3,(H,19,24)(H,22,23);1-5H,(H,9,10)/b12-9-;. The van der Waals surface area contributed by atoms with Gasteiger partial charge in [-0.1, -0.05) is 23.7 Å². The third kappa shape index (κ3) is 8.73. The molecule has 2 aromatic carbocycles. The number of thiophene rings is 1. The number of nitrogens with zero attached hydrogens (tertiary/aromatic N) is 1. The van der Waals surface area contributed by atoms with Crippen LogP contribution in [-0.2, 0) is 9.59 Å². The molecule has 0 aliphatic heterocycles. The van der Waals surface area contributed by atoms with Gasteiger partial charge in [0.25, 0.3) is 0 Å². The molecule has 35 heavy (non-hydrogen) atoms. The largest absolute Gasteiger partial charge is 0.478 e. The van der Waals surface area contributed by atoms with Gasteiger partial charge >= 0.3 is 12.0 Å². The van der Waals surface area contributed by atoms with Crippen LogP contribution in [0.25, 0.3) is 16.5 Å². The highest BCUT2D eigenvalue weighted by Crippen LogP contribution is 2.29. The summed E-state index contributed by atoms with van der Waals surface area (Å²) in [6.07, 6.45) is 2.91. The van der Waals surface area contributed by atoms with Crippen molar-refractivity contribution in [1.29, 1.82) is 0 Å². The average Bonchev–Trinajstić information content (AvgIpc) is 3.30. The summed E-state index contributed by atoms with van der Waals surface area (Å²) in [7, 11) is 0. The molecule has 3 rings (SSSR count). The molecule has 0 aliphatic carbocycles. The van der Waals surface area contributed by atoms with Crippen molar-refractivity contribution in [1.82, 2.24) is 10.2 Å². The molecular weight excluding hydrogens is 490 g/mol. The van der Waals surface area contributed by atoms with Crippen molar-refractivity contribution in [3.05, 3.63) is 81.8 Å². The molecule has 0 radical (unpaired) electrons. The number of carboxylic acid groups (broad SMARTS) is 1. The molecule has 182 valence electrons. The zero-order chi connectivity index (χ0) is 25.8. The maximum Gasteiger partial charge on any atom is 0.335 e. The number of urea groups is 1. The predicted molar refractivity (Wildman–Crippen MR) is 138 cm³/mol. The molecule has 0 aliphatic rings. The lowest BCUT2D eigenvalue weighted by molar-refractivity contribution is -0.115. The number of rotatable bonds is 8. The summed E-state index contributed by atoms with van der Waals surface area (Å²) in [5.41, 5.74) is 2.42. The lowest BCUT2D eigenvalue weighted by atomic mass is 10.1. The van der Waals surface area contributed by atoms with Gasteiger partial charge in [0.1, 0.15) is 0 Å². The van der Waals surface area contributed by atoms with E-state index in [0.29, 0.717) is 30.1 Å². The number of halogens is 1. The summed E-state index contributed by atoms with van der Waals surface area (Å²) in [5.74, 6) is -0.965. The Morgan fingerprint density at radius 2 is 1.80 bits per heavy atom. The molecule has 0 unspecified atom stereocenters. The van der Waals surface area contributed by atoms with Gasteiger partial charge in [0.2, 0.25) is 12.8 Å². The van der Waals surface area contributed by atoms with Crippen molar-refractivity contribution in [2.45, 2.75) is 13.8 Å². The summed E-state index contributed by atoms with van der Waals surface area (Å²) < 4.78 is 0. The second-order valence-electron chi connectivity index (χ2n) is 7.01. The Morgan fingerprint density at radius 3 is 2.40 bits per heavy atom. The fourth-order valence-electron chi connectivity index (χ4n) is 2.76. The summed E-state index contributed by atoms with van der Waals surface area (Å²) in [6.45, 7) is 3.75. The first-order valence-electron chi connectivity index (χ1n) is 10.4. The molecule has 0 saturated heterocycles. The number of hydrogen-bond acceptors (Lipinski definition) is 5. The number of aromatic carboxylic acids is 1. The third-order valence-corrected chi connectivity index (χ3v) is 5.82. The highest BCUT2D eigenvalue weighted by molar-refractivity contribution is 7.16. The Morgan fingerprint density at radius 1 is 1.09 bits per heavy atom. The number of nitrogens with one attached hydrogen (secondary N) is 2. The number of amides is 4. The second kappa shape index (κ2) is 13.7. The van der Waals surface area contributed by atoms with Crippen molar-refractivity contribution < 1.29 is 24.3 Å². The van der Waals surface area contributed by atoms with Crippen molar-refractivity contribution in [2.75, 3.05) is 11.9 Å². The van der Waals surface area contributed by atoms with Gasteiger partial charge in [-0.25, -0.2) is 9.59 Å². The number of imide groups is 1. The second-order valence-corrected chi connectivity index (χ2v) is 8.56. The van der Waals surface area contributed by atoms with E-state index in [1.165, 1.54) is 11.3 Å². The van der Waals surface area contributed by atoms with Gasteiger partial charge in [-0.05, 0) is 74.0 Å². The Kier molecular flexibility index (Phi) is 10.7. The van der Waals surface area contributed by atoms with Gasteiger partial charge in [-0.3, -0.25) is 14.5 Å². The van der Waals surface area contributed by atoms with Crippen LogP contribution in [0.5, 0.6) is 0 Å². The van der Waals surface area contributed by atoms with Crippen LogP contribution >= 0.6 is 22.9 Å². The normalized spacial score (nSPS) is 10.4. The molecule has 3 N–H and O–H groups in total. The Hall–Kier alpha value is -3.95. The first kappa shape index (κ1) is 27.3. The van der Waals surface area contributed by atoms with Gasteiger partial charge in [0, 0.05) is 32.7 Å². The van der Waals surface area contributed by atoms with E-state index in [1.54, 1.807) is 62.4 Å². The summed E-state index contributed by atoms with van der Waals surface area (Å²) in [5, 5.41) is 14.9. The predicted octanol–water partition coefficient (Wildman–Crippen LogP) is 5.57. The topological polar surface area (TPSA) is 116 Å². The smallest absolute Gasteiger partial charge is 0.335 e. The Labute approximate surface area is 211 Å². The number of anilines is 1. The minimum Gasteiger partial charge on any atom is -0.478 e. The van der Waals surface area contributed by atoms with Crippen LogP contribution in [0, 0.1) is 0 Å². The molecule has 0 spiro atoms. The SMILES string of the molecule is CCN(C=O)C(=O)N/C(C)=C\c1ccc(-c2cccc(C(=O)O)c2)s1.O=CNc1ccc(Cl)cc1. The maximum atomic E-state index is 11.8. The minimum absolute atomic E-state index is 0.236. The van der Waals surface area contributed by atoms with Crippen LogP contribution in [0.1, 0.15) is 29.1 Å². The number of allylic oxidation sites excluding steroid dienone is 1. The number of carbonyl (C=O) groups excluding carboxylic acids is 3. The van der Waals surface area contributed by atoms with Crippen molar-refractivity contribution in [2.24, 2.45) is 0 Å². The lowest BCUT2D eigenvalue weighted by Gasteiger charge is -2.13. The van der Waals surface area contributed by atoms with Gasteiger partial charge in [0.05, 0.1) is 5.56 Å². The molecule has 10 heteroatoms. The van der Waals surface area contributed by atoms with Crippen LogP contribution in [0.4, 0.5) is 10.5 Å². The molecule has 4 amide bonds. The lowest BCUT2D eigenvalue weighted by Crippen LogP contribution is -2.37. The monoisotopic (exact) mass is 513 g/mol. The van der Waals surface area contributed by atoms with Gasteiger partial charge < -0.3 is 15.7 Å². The molecule has 0 bridgehead atoms. The Balaban J connectivity index is 0.000000360. The fraction of sp³-hybridized carbons (Fsp3) is 0.120. The molecular formula is C25H24ClN3O5S. The zero-order valence-corrected chi connectivity index (χ0v) is 20.6. The number of benzene rings is 2. The van der Waals surface area contributed by atoms with Crippen LogP contribution in [0.2, 0.25) is 5.02 Å². The first-order chi connectivity index (χ1) is 16.8. The molecule has 1 aromatic heterocycles. The molecule has 8 nitrogen and oxygen atoms in total. The van der Waals surface area contributed by atoms with E-state index < -0.39 is 12.0 Å². The van der Waals surface area contributed by atoms with Crippen LogP contribution in [0.15, 0.2) is 66.4 Å². The average molecular weight is 514 g/mol. The van der Waals surface area contributed by atoms with Gasteiger partial charge in [0.15, 0.2) is 0 Å². The summed E-state index contributed by atoms with van der Waals surface area (Å²) in [6, 6.07) is 16.9. The van der Waals surface area contributed by atoms with E-state index in [1.807, 2.05) is 18.2 Å². The molecule has 0 atom stereocenters. The van der Waals surface area contributed by atoms with Crippen LogP contribution in [0.3, 0.4) is 0 Å². The molecule has 0 fully saturated rings. The van der Waals surface area contributed by atoms with E-state index >= 15 is 0 Å². The van der Waals surface area contributed by atoms with E-state index in [4.69, 9.17) is 16.7 Å². The minimum atomic E-state index is -0.965. The highest BCUT2D eigenvalue weighted by Gasteiger charge is 2.10. The zero-order valence-electron chi connectivity index (χ0n) is 19.0. The van der Waals surface area contributed by atoms with Crippen LogP contribution in [-0.4, -0.2) is 41.4 Å². The van der Waals surface area contributed by atoms with Gasteiger partial charge in [-0.15, -0.1) is 11.3 Å². The van der Waals surface area contributed by atoms with Crippen LogP contribution < -0.4 is 10.6 Å². The Bertz CT molecular complexity index is 1210. The van der Waals surface area contributed by atoms with Gasteiger partial charge in [-0.2, -0.15) is 0 Å². The molecule has 0 saturated carbocycles. The van der Waals surface area contributed by atoms with E-state index in [-0.39, 0.29) is 5.56 Å². The van der Waals surface area contributed by atoms with E-state index in [9.17, 15) is 19.2 Å². The quantitative estimate of drug-likeness (QED) is 0.340. The highest BCUT2D eigenvalue weighted by atomic mass is 35.5. The number of hydrogen-bond donors (Lipinski definition) is 3. The van der Waals surface area contributed by atoms with Crippen molar-refractivity contribution in [3.8, 4) is 10.4 Å². The van der Waals surface area contributed by atoms with Crippen molar-refractivity contribution >= 4 is 59.5 Å². The van der Waals surface area contributed by atoms with E-state index in [0.717, 1.165) is 25.9 Å². The number of carboxylic acids is 1. The fourth-order valence-corrected chi connectivity index (χ4v) is 3.89. The number of carbonyl (C=O) groups is 4. The third-order valence-electron chi connectivity index (χ3n) is 4.48. The molecule has 3 aromatic rings.